The van der Waals surface area contributed by atoms with E-state index in [0.29, 0.717) is 5.46 Å². The van der Waals surface area contributed by atoms with Gasteiger partial charge in [-0.3, -0.25) is 0 Å². The van der Waals surface area contributed by atoms with Gasteiger partial charge in [0, 0.05) is 21.5 Å². The molecule has 1 aromatic rings. The van der Waals surface area contributed by atoms with E-state index in [1.54, 1.807) is 0 Å². The maximum Gasteiger partial charge on any atom is 0.498 e. The highest BCUT2D eigenvalue weighted by atomic mass is 16.7. The molecule has 1 aliphatic heterocycles. The minimum absolute atomic E-state index is 0.0269. The number of hydrogen-bond acceptors (Lipinski definition) is 4. The molecule has 16 heavy (non-hydrogen) atoms. The standard InChI is InChI=1S/C11H17BN2O2/c1-8-9(6-13-7-14-8)12-15-10(2,3)11(4,5)16-12/h6-7H,1-5H3/i1D3. The molecule has 0 N–H and O–H groups in total. The van der Waals surface area contributed by atoms with Crippen LogP contribution in [0.4, 0.5) is 0 Å². The SMILES string of the molecule is [2H]C([2H])([2H])c1ncncc1B1OC(C)(C)C(C)(C)O1. The predicted octanol–water partition coefficient (Wildman–Crippen LogP) is 1.08. The molecule has 0 saturated carbocycles. The molecule has 1 saturated heterocycles. The molecule has 4 nitrogen and oxygen atoms in total. The molecule has 86 valence electrons. The summed E-state index contributed by atoms with van der Waals surface area (Å²) in [4.78, 5) is 7.73. The van der Waals surface area contributed by atoms with E-state index in [4.69, 9.17) is 13.4 Å². The molecule has 1 fully saturated rings. The maximum absolute atomic E-state index is 7.51. The van der Waals surface area contributed by atoms with E-state index in [1.807, 2.05) is 27.7 Å². The Bertz CT molecular complexity index is 475. The Morgan fingerprint density at radius 1 is 1.25 bits per heavy atom. The van der Waals surface area contributed by atoms with Crippen molar-refractivity contribution in [3.8, 4) is 0 Å². The topological polar surface area (TPSA) is 44.2 Å². The van der Waals surface area contributed by atoms with Crippen LogP contribution in [0.25, 0.3) is 0 Å². The van der Waals surface area contributed by atoms with Gasteiger partial charge >= 0.3 is 7.12 Å². The van der Waals surface area contributed by atoms with Crippen molar-refractivity contribution in [1.29, 1.82) is 0 Å². The molecule has 0 amide bonds. The third kappa shape index (κ3) is 1.74. The van der Waals surface area contributed by atoms with E-state index in [-0.39, 0.29) is 5.69 Å². The molecule has 0 aromatic carbocycles. The largest absolute Gasteiger partial charge is 0.498 e. The van der Waals surface area contributed by atoms with Crippen LogP contribution in [0.15, 0.2) is 12.5 Å². The highest BCUT2D eigenvalue weighted by Crippen LogP contribution is 2.36. The van der Waals surface area contributed by atoms with Gasteiger partial charge in [0.05, 0.1) is 11.2 Å². The molecule has 2 rings (SSSR count). The van der Waals surface area contributed by atoms with E-state index in [1.165, 1.54) is 12.5 Å². The summed E-state index contributed by atoms with van der Waals surface area (Å²) in [6, 6.07) is 0. The fourth-order valence-corrected chi connectivity index (χ4v) is 1.48. The third-order valence-electron chi connectivity index (χ3n) is 3.25. The number of aryl methyl sites for hydroxylation is 1. The first-order chi connectivity index (χ1) is 8.55. The van der Waals surface area contributed by atoms with Gasteiger partial charge in [-0.25, -0.2) is 9.97 Å². The van der Waals surface area contributed by atoms with E-state index < -0.39 is 25.2 Å². The van der Waals surface area contributed by atoms with Crippen LogP contribution in [0.2, 0.25) is 0 Å². The zero-order valence-electron chi connectivity index (χ0n) is 12.9. The molecule has 5 heteroatoms. The maximum atomic E-state index is 7.51. The Kier molecular flexibility index (Phi) is 1.81. The van der Waals surface area contributed by atoms with Crippen LogP contribution in [0.5, 0.6) is 0 Å². The quantitative estimate of drug-likeness (QED) is 0.668. The van der Waals surface area contributed by atoms with Crippen LogP contribution in [-0.2, 0) is 9.31 Å². The zero-order chi connectivity index (χ0) is 14.5. The van der Waals surface area contributed by atoms with Gasteiger partial charge in [-0.1, -0.05) is 0 Å². The van der Waals surface area contributed by atoms with Crippen LogP contribution in [0.3, 0.4) is 0 Å². The molecular weight excluding hydrogens is 203 g/mol. The van der Waals surface area contributed by atoms with Crippen molar-refractivity contribution in [2.75, 3.05) is 0 Å². The molecule has 0 radical (unpaired) electrons. The predicted molar refractivity (Wildman–Crippen MR) is 62.5 cm³/mol. The van der Waals surface area contributed by atoms with Gasteiger partial charge in [-0.15, -0.1) is 0 Å². The molecular formula is C11H17BN2O2. The van der Waals surface area contributed by atoms with Crippen molar-refractivity contribution in [3.63, 3.8) is 0 Å². The Morgan fingerprint density at radius 3 is 2.44 bits per heavy atom. The minimum Gasteiger partial charge on any atom is -0.399 e. The van der Waals surface area contributed by atoms with Crippen molar-refractivity contribution in [3.05, 3.63) is 18.2 Å². The van der Waals surface area contributed by atoms with Crippen LogP contribution >= 0.6 is 0 Å². The summed E-state index contributed by atoms with van der Waals surface area (Å²) in [5.41, 5.74) is -0.721. The zero-order valence-corrected chi connectivity index (χ0v) is 9.94. The average molecular weight is 223 g/mol. The van der Waals surface area contributed by atoms with E-state index in [9.17, 15) is 0 Å². The summed E-state index contributed by atoms with van der Waals surface area (Å²) in [5, 5.41) is 0. The lowest BCUT2D eigenvalue weighted by atomic mass is 9.79. The first kappa shape index (κ1) is 8.20. The third-order valence-corrected chi connectivity index (χ3v) is 3.25. The molecule has 0 bridgehead atoms. The highest BCUT2D eigenvalue weighted by molar-refractivity contribution is 6.62. The van der Waals surface area contributed by atoms with Crippen LogP contribution in [-0.4, -0.2) is 28.3 Å². The summed E-state index contributed by atoms with van der Waals surface area (Å²) in [7, 11) is -0.762. The average Bonchev–Trinajstić information content (AvgIpc) is 2.47. The second-order valence-corrected chi connectivity index (χ2v) is 4.91. The van der Waals surface area contributed by atoms with Crippen LogP contribution in [0, 0.1) is 6.85 Å². The molecule has 0 atom stereocenters. The van der Waals surface area contributed by atoms with Crippen LogP contribution < -0.4 is 5.46 Å². The summed E-state index contributed by atoms with van der Waals surface area (Å²) >= 11 is 0. The normalized spacial score (nSPS) is 26.0. The number of rotatable bonds is 1. The molecule has 2 heterocycles. The van der Waals surface area contributed by atoms with Crippen molar-refractivity contribution >= 4 is 12.6 Å². The molecule has 0 spiro atoms. The Morgan fingerprint density at radius 2 is 1.88 bits per heavy atom. The Balaban J connectivity index is 2.41. The number of aromatic nitrogens is 2. The minimum atomic E-state index is -2.32. The van der Waals surface area contributed by atoms with Crippen molar-refractivity contribution in [1.82, 2.24) is 9.97 Å². The first-order valence-corrected chi connectivity index (χ1v) is 5.21. The Hall–Kier alpha value is -0.935. The smallest absolute Gasteiger partial charge is 0.399 e. The van der Waals surface area contributed by atoms with Crippen molar-refractivity contribution in [2.45, 2.75) is 45.7 Å². The lowest BCUT2D eigenvalue weighted by molar-refractivity contribution is 0.00578. The summed E-state index contributed by atoms with van der Waals surface area (Å²) in [6.07, 6.45) is 2.66. The van der Waals surface area contributed by atoms with Gasteiger partial charge in [-0.2, -0.15) is 0 Å². The number of hydrogen-bond donors (Lipinski definition) is 0. The molecule has 1 aliphatic rings. The first-order valence-electron chi connectivity index (χ1n) is 6.71. The van der Waals surface area contributed by atoms with E-state index in [0.717, 1.165) is 0 Å². The van der Waals surface area contributed by atoms with Crippen molar-refractivity contribution in [2.24, 2.45) is 0 Å². The van der Waals surface area contributed by atoms with Crippen molar-refractivity contribution < 1.29 is 13.4 Å². The lowest BCUT2D eigenvalue weighted by Crippen LogP contribution is -2.41. The Labute approximate surface area is 101 Å². The van der Waals surface area contributed by atoms with Gasteiger partial charge < -0.3 is 9.31 Å². The summed E-state index contributed by atoms with van der Waals surface area (Å²) in [5.74, 6) is 0. The van der Waals surface area contributed by atoms with Gasteiger partial charge in [0.25, 0.3) is 0 Å². The monoisotopic (exact) mass is 223 g/mol. The van der Waals surface area contributed by atoms with E-state index in [2.05, 4.69) is 9.97 Å². The van der Waals surface area contributed by atoms with Gasteiger partial charge in [-0.05, 0) is 34.5 Å². The highest BCUT2D eigenvalue weighted by Gasteiger charge is 2.52. The fourth-order valence-electron chi connectivity index (χ4n) is 1.48. The van der Waals surface area contributed by atoms with E-state index >= 15 is 0 Å². The van der Waals surface area contributed by atoms with Gasteiger partial charge in [0.2, 0.25) is 0 Å². The van der Waals surface area contributed by atoms with Crippen LogP contribution in [0.1, 0.15) is 37.5 Å². The van der Waals surface area contributed by atoms with Gasteiger partial charge in [0.1, 0.15) is 6.33 Å². The van der Waals surface area contributed by atoms with Gasteiger partial charge in [0.15, 0.2) is 0 Å². The summed E-state index contributed by atoms with van der Waals surface area (Å²) < 4.78 is 34.2. The molecule has 0 unspecified atom stereocenters. The fraction of sp³-hybridized carbons (Fsp3) is 0.636. The lowest BCUT2D eigenvalue weighted by Gasteiger charge is -2.32. The number of nitrogens with zero attached hydrogens (tertiary/aromatic N) is 2. The molecule has 1 aromatic heterocycles. The second kappa shape index (κ2) is 3.53. The summed E-state index contributed by atoms with van der Waals surface area (Å²) in [6.45, 7) is 5.32. The second-order valence-electron chi connectivity index (χ2n) is 4.91. The molecule has 0 aliphatic carbocycles.